The molecule has 0 aromatic heterocycles. The Bertz CT molecular complexity index is 721. The van der Waals surface area contributed by atoms with Crippen LogP contribution >= 0.6 is 0 Å². The first kappa shape index (κ1) is 19.8. The van der Waals surface area contributed by atoms with Crippen molar-refractivity contribution in [1.29, 1.82) is 0 Å². The summed E-state index contributed by atoms with van der Waals surface area (Å²) in [5.74, 6) is -0.218. The quantitative estimate of drug-likeness (QED) is 0.779. The lowest BCUT2D eigenvalue weighted by molar-refractivity contribution is 0.170. The average Bonchev–Trinajstić information content (AvgIpc) is 2.62. The molecule has 0 saturated heterocycles. The van der Waals surface area contributed by atoms with E-state index in [4.69, 9.17) is 0 Å². The van der Waals surface area contributed by atoms with Gasteiger partial charge >= 0.3 is 6.09 Å². The average molecular weight is 358 g/mol. The molecule has 0 aliphatic carbocycles. The number of benzene rings is 2. The Morgan fingerprint density at radius 1 is 1.15 bits per heavy atom. The summed E-state index contributed by atoms with van der Waals surface area (Å²) in [5, 5.41) is 2.74. The number of amides is 1. The van der Waals surface area contributed by atoms with E-state index in [9.17, 15) is 9.18 Å². The SMILES string of the molecule is CCCN(Cc1ccc(F)cc1)c1cc(C)c(CNC(=O)OC)c(C)c1. The standard InChI is InChI=1S/C21H27FN2O2/c1-5-10-24(14-17-6-8-18(22)9-7-17)19-11-15(2)20(16(3)12-19)13-23-21(25)26-4/h6-9,11-12H,5,10,13-14H2,1-4H3,(H,23,25). The molecule has 0 fully saturated rings. The number of carbonyl (C=O) groups is 1. The van der Waals surface area contributed by atoms with Crippen LogP contribution in [0.15, 0.2) is 36.4 Å². The summed E-state index contributed by atoms with van der Waals surface area (Å²) in [6.07, 6.45) is 0.585. The lowest BCUT2D eigenvalue weighted by Crippen LogP contribution is -2.25. The lowest BCUT2D eigenvalue weighted by Gasteiger charge is -2.26. The fourth-order valence-electron chi connectivity index (χ4n) is 3.04. The molecule has 0 radical (unpaired) electrons. The molecule has 26 heavy (non-hydrogen) atoms. The highest BCUT2D eigenvalue weighted by atomic mass is 19.1. The van der Waals surface area contributed by atoms with Crippen LogP contribution in [-0.2, 0) is 17.8 Å². The number of nitrogens with one attached hydrogen (secondary N) is 1. The number of ether oxygens (including phenoxy) is 1. The summed E-state index contributed by atoms with van der Waals surface area (Å²) in [6.45, 7) is 8.32. The molecule has 0 spiro atoms. The lowest BCUT2D eigenvalue weighted by atomic mass is 10.0. The number of hydrogen-bond donors (Lipinski definition) is 1. The molecule has 0 atom stereocenters. The summed E-state index contributed by atoms with van der Waals surface area (Å²) in [5.41, 5.74) is 5.55. The Morgan fingerprint density at radius 3 is 2.31 bits per heavy atom. The van der Waals surface area contributed by atoms with Gasteiger partial charge in [-0.05, 0) is 66.8 Å². The van der Waals surface area contributed by atoms with E-state index in [1.807, 2.05) is 26.0 Å². The van der Waals surface area contributed by atoms with Crippen LogP contribution in [0.4, 0.5) is 14.9 Å². The van der Waals surface area contributed by atoms with Gasteiger partial charge in [0.2, 0.25) is 0 Å². The van der Waals surface area contributed by atoms with E-state index >= 15 is 0 Å². The van der Waals surface area contributed by atoms with Crippen molar-refractivity contribution in [3.05, 3.63) is 64.5 Å². The zero-order valence-corrected chi connectivity index (χ0v) is 15.9. The van der Waals surface area contributed by atoms with E-state index in [1.54, 1.807) is 0 Å². The Kier molecular flexibility index (Phi) is 7.01. The number of carbonyl (C=O) groups excluding carboxylic acids is 1. The monoisotopic (exact) mass is 358 g/mol. The van der Waals surface area contributed by atoms with Gasteiger partial charge in [-0.3, -0.25) is 0 Å². The Labute approximate surface area is 155 Å². The maximum atomic E-state index is 13.1. The maximum Gasteiger partial charge on any atom is 0.407 e. The van der Waals surface area contributed by atoms with E-state index in [2.05, 4.69) is 34.0 Å². The largest absolute Gasteiger partial charge is 0.453 e. The van der Waals surface area contributed by atoms with Crippen molar-refractivity contribution in [3.8, 4) is 0 Å². The Hall–Kier alpha value is -2.56. The molecule has 0 unspecified atom stereocenters. The molecule has 0 saturated carbocycles. The number of aryl methyl sites for hydroxylation is 2. The number of hydrogen-bond acceptors (Lipinski definition) is 3. The first-order chi connectivity index (χ1) is 12.4. The zero-order chi connectivity index (χ0) is 19.1. The highest BCUT2D eigenvalue weighted by Gasteiger charge is 2.12. The molecular formula is C21H27FN2O2. The zero-order valence-electron chi connectivity index (χ0n) is 15.9. The fourth-order valence-corrected chi connectivity index (χ4v) is 3.04. The van der Waals surface area contributed by atoms with Crippen molar-refractivity contribution >= 4 is 11.8 Å². The summed E-state index contributed by atoms with van der Waals surface area (Å²) in [4.78, 5) is 13.6. The molecule has 1 amide bonds. The van der Waals surface area contributed by atoms with Gasteiger partial charge in [-0.2, -0.15) is 0 Å². The Morgan fingerprint density at radius 2 is 1.77 bits per heavy atom. The first-order valence-corrected chi connectivity index (χ1v) is 8.86. The normalized spacial score (nSPS) is 10.5. The predicted octanol–water partition coefficient (Wildman–Crippen LogP) is 4.72. The van der Waals surface area contributed by atoms with Crippen LogP contribution < -0.4 is 10.2 Å². The van der Waals surface area contributed by atoms with Crippen LogP contribution in [0, 0.1) is 19.7 Å². The number of rotatable bonds is 7. The van der Waals surface area contributed by atoms with Crippen LogP contribution in [0.3, 0.4) is 0 Å². The molecule has 1 N–H and O–H groups in total. The molecule has 2 aromatic rings. The smallest absolute Gasteiger partial charge is 0.407 e. The van der Waals surface area contributed by atoms with Gasteiger partial charge in [-0.1, -0.05) is 19.1 Å². The van der Waals surface area contributed by atoms with Gasteiger partial charge < -0.3 is 15.0 Å². The minimum Gasteiger partial charge on any atom is -0.453 e. The van der Waals surface area contributed by atoms with Gasteiger partial charge in [0.15, 0.2) is 0 Å². The van der Waals surface area contributed by atoms with Crippen LogP contribution in [0.25, 0.3) is 0 Å². The third-order valence-corrected chi connectivity index (χ3v) is 4.42. The Balaban J connectivity index is 2.22. The molecular weight excluding hydrogens is 331 g/mol. The minimum atomic E-state index is -0.434. The second-order valence-corrected chi connectivity index (χ2v) is 6.45. The predicted molar refractivity (Wildman–Crippen MR) is 103 cm³/mol. The van der Waals surface area contributed by atoms with E-state index in [1.165, 1.54) is 19.2 Å². The summed E-state index contributed by atoms with van der Waals surface area (Å²) in [7, 11) is 1.36. The molecule has 0 heterocycles. The van der Waals surface area contributed by atoms with Gasteiger partial charge in [0.05, 0.1) is 7.11 Å². The molecule has 2 rings (SSSR count). The highest BCUT2D eigenvalue weighted by molar-refractivity contribution is 5.67. The first-order valence-electron chi connectivity index (χ1n) is 8.86. The third-order valence-electron chi connectivity index (χ3n) is 4.42. The van der Waals surface area contributed by atoms with Crippen molar-refractivity contribution in [2.75, 3.05) is 18.6 Å². The fraction of sp³-hybridized carbons (Fsp3) is 0.381. The van der Waals surface area contributed by atoms with Gasteiger partial charge in [0, 0.05) is 25.3 Å². The van der Waals surface area contributed by atoms with E-state index in [-0.39, 0.29) is 5.82 Å². The molecule has 0 aliphatic rings. The van der Waals surface area contributed by atoms with Gasteiger partial charge in [0.1, 0.15) is 5.82 Å². The molecule has 0 aliphatic heterocycles. The van der Waals surface area contributed by atoms with Gasteiger partial charge in [-0.15, -0.1) is 0 Å². The summed E-state index contributed by atoms with van der Waals surface area (Å²) < 4.78 is 17.8. The van der Waals surface area contributed by atoms with Crippen molar-refractivity contribution in [2.45, 2.75) is 40.3 Å². The van der Waals surface area contributed by atoms with E-state index in [0.717, 1.165) is 47.5 Å². The number of nitrogens with zero attached hydrogens (tertiary/aromatic N) is 1. The molecule has 5 heteroatoms. The highest BCUT2D eigenvalue weighted by Crippen LogP contribution is 2.25. The van der Waals surface area contributed by atoms with Crippen molar-refractivity contribution in [1.82, 2.24) is 5.32 Å². The third kappa shape index (κ3) is 5.22. The van der Waals surface area contributed by atoms with Crippen molar-refractivity contribution in [2.24, 2.45) is 0 Å². The number of alkyl carbamates (subject to hydrolysis) is 1. The summed E-state index contributed by atoms with van der Waals surface area (Å²) in [6, 6.07) is 10.9. The van der Waals surface area contributed by atoms with E-state index < -0.39 is 6.09 Å². The second kappa shape index (κ2) is 9.22. The van der Waals surface area contributed by atoms with Crippen molar-refractivity contribution < 1.29 is 13.9 Å². The molecule has 0 bridgehead atoms. The minimum absolute atomic E-state index is 0.218. The van der Waals surface area contributed by atoms with Gasteiger partial charge in [0.25, 0.3) is 0 Å². The molecule has 4 nitrogen and oxygen atoms in total. The van der Waals surface area contributed by atoms with Gasteiger partial charge in [-0.25, -0.2) is 9.18 Å². The second-order valence-electron chi connectivity index (χ2n) is 6.45. The topological polar surface area (TPSA) is 41.6 Å². The van der Waals surface area contributed by atoms with Crippen LogP contribution in [0.2, 0.25) is 0 Å². The molecule has 140 valence electrons. The number of halogens is 1. The van der Waals surface area contributed by atoms with Crippen LogP contribution in [0.1, 0.15) is 35.6 Å². The number of anilines is 1. The van der Waals surface area contributed by atoms with Crippen molar-refractivity contribution in [3.63, 3.8) is 0 Å². The number of methoxy groups -OCH3 is 1. The maximum absolute atomic E-state index is 13.1. The summed E-state index contributed by atoms with van der Waals surface area (Å²) >= 11 is 0. The van der Waals surface area contributed by atoms with Crippen LogP contribution in [-0.4, -0.2) is 19.7 Å². The molecule has 2 aromatic carbocycles. The van der Waals surface area contributed by atoms with E-state index in [0.29, 0.717) is 6.54 Å². The van der Waals surface area contributed by atoms with Crippen LogP contribution in [0.5, 0.6) is 0 Å².